The average Bonchev–Trinajstić information content (AvgIpc) is 2.84. The number of rotatable bonds is 3. The molecule has 2 aromatic rings. The van der Waals surface area contributed by atoms with E-state index in [4.69, 9.17) is 4.52 Å². The van der Waals surface area contributed by atoms with Gasteiger partial charge in [0.05, 0.1) is 5.69 Å². The number of hydrogen-bond acceptors (Lipinski definition) is 4. The largest absolute Gasteiger partial charge is 0.361 e. The van der Waals surface area contributed by atoms with Crippen LogP contribution < -0.4 is 5.32 Å². The molecule has 0 aliphatic heterocycles. The number of hydrogen-bond donors (Lipinski definition) is 2. The summed E-state index contributed by atoms with van der Waals surface area (Å²) in [7, 11) is 0. The zero-order valence-electron chi connectivity index (χ0n) is 10.00. The van der Waals surface area contributed by atoms with Gasteiger partial charge in [-0.3, -0.25) is 9.89 Å². The Morgan fingerprint density at radius 1 is 1.53 bits per heavy atom. The summed E-state index contributed by atoms with van der Waals surface area (Å²) < 4.78 is 5.01. The summed E-state index contributed by atoms with van der Waals surface area (Å²) >= 11 is 0. The van der Waals surface area contributed by atoms with E-state index in [-0.39, 0.29) is 5.91 Å². The third kappa shape index (κ3) is 2.20. The molecule has 0 atom stereocenters. The smallest absolute Gasteiger partial charge is 0.262 e. The Balaban J connectivity index is 2.22. The highest BCUT2D eigenvalue weighted by atomic mass is 16.5. The average molecular weight is 234 g/mol. The Hall–Kier alpha value is -2.11. The molecule has 2 N–H and O–H groups in total. The van der Waals surface area contributed by atoms with Crippen LogP contribution in [0.25, 0.3) is 0 Å². The van der Waals surface area contributed by atoms with Crippen molar-refractivity contribution in [2.75, 3.05) is 5.32 Å². The van der Waals surface area contributed by atoms with E-state index < -0.39 is 0 Å². The van der Waals surface area contributed by atoms with E-state index in [1.807, 2.05) is 13.8 Å². The van der Waals surface area contributed by atoms with Crippen LogP contribution in [0.4, 0.5) is 5.82 Å². The first-order valence-corrected chi connectivity index (χ1v) is 5.40. The SMILES string of the molecule is CCc1noc(C)c1C(=O)Nc1cc(C)[nH]n1. The topological polar surface area (TPSA) is 83.8 Å². The molecule has 2 rings (SSSR count). The van der Waals surface area contributed by atoms with Gasteiger partial charge >= 0.3 is 0 Å². The van der Waals surface area contributed by atoms with E-state index in [1.54, 1.807) is 13.0 Å². The predicted molar refractivity (Wildman–Crippen MR) is 61.9 cm³/mol. The number of aromatic nitrogens is 3. The zero-order valence-corrected chi connectivity index (χ0v) is 10.00. The molecule has 0 fully saturated rings. The van der Waals surface area contributed by atoms with Crippen LogP contribution in [0.15, 0.2) is 10.6 Å². The van der Waals surface area contributed by atoms with Gasteiger partial charge in [-0.05, 0) is 20.3 Å². The summed E-state index contributed by atoms with van der Waals surface area (Å²) in [6, 6.07) is 1.76. The highest BCUT2D eigenvalue weighted by Crippen LogP contribution is 2.16. The number of aryl methyl sites for hydroxylation is 3. The van der Waals surface area contributed by atoms with Gasteiger partial charge in [0.15, 0.2) is 5.82 Å². The lowest BCUT2D eigenvalue weighted by molar-refractivity contribution is 0.102. The second kappa shape index (κ2) is 4.40. The molecule has 90 valence electrons. The van der Waals surface area contributed by atoms with Gasteiger partial charge in [0.1, 0.15) is 11.3 Å². The van der Waals surface area contributed by atoms with E-state index in [9.17, 15) is 4.79 Å². The highest BCUT2D eigenvalue weighted by molar-refractivity contribution is 6.05. The lowest BCUT2D eigenvalue weighted by Gasteiger charge is -2.00. The number of amides is 1. The second-order valence-corrected chi connectivity index (χ2v) is 3.80. The van der Waals surface area contributed by atoms with Crippen molar-refractivity contribution in [3.05, 3.63) is 28.8 Å². The summed E-state index contributed by atoms with van der Waals surface area (Å²) in [4.78, 5) is 12.0. The number of nitrogens with zero attached hydrogens (tertiary/aromatic N) is 2. The number of nitrogens with one attached hydrogen (secondary N) is 2. The van der Waals surface area contributed by atoms with Crippen molar-refractivity contribution < 1.29 is 9.32 Å². The van der Waals surface area contributed by atoms with Gasteiger partial charge in [0.25, 0.3) is 5.91 Å². The fourth-order valence-electron chi connectivity index (χ4n) is 1.61. The van der Waals surface area contributed by atoms with E-state index in [1.165, 1.54) is 0 Å². The van der Waals surface area contributed by atoms with Crippen molar-refractivity contribution in [3.8, 4) is 0 Å². The summed E-state index contributed by atoms with van der Waals surface area (Å²) in [6.07, 6.45) is 0.652. The maximum atomic E-state index is 12.0. The molecule has 2 heterocycles. The van der Waals surface area contributed by atoms with Gasteiger partial charge in [-0.25, -0.2) is 0 Å². The molecule has 1 amide bonds. The Kier molecular flexibility index (Phi) is 2.95. The van der Waals surface area contributed by atoms with Crippen molar-refractivity contribution in [1.29, 1.82) is 0 Å². The number of carbonyl (C=O) groups excluding carboxylic acids is 1. The predicted octanol–water partition coefficient (Wildman–Crippen LogP) is 1.83. The zero-order chi connectivity index (χ0) is 12.4. The molecular formula is C11H14N4O2. The molecule has 17 heavy (non-hydrogen) atoms. The van der Waals surface area contributed by atoms with Crippen LogP contribution in [0, 0.1) is 13.8 Å². The van der Waals surface area contributed by atoms with Gasteiger partial charge < -0.3 is 9.84 Å². The van der Waals surface area contributed by atoms with Crippen molar-refractivity contribution in [1.82, 2.24) is 15.4 Å². The molecule has 0 aliphatic rings. The second-order valence-electron chi connectivity index (χ2n) is 3.80. The molecule has 0 aromatic carbocycles. The van der Waals surface area contributed by atoms with E-state index in [0.29, 0.717) is 29.3 Å². The van der Waals surface area contributed by atoms with Crippen LogP contribution in [0.5, 0.6) is 0 Å². The van der Waals surface area contributed by atoms with Crippen molar-refractivity contribution >= 4 is 11.7 Å². The maximum Gasteiger partial charge on any atom is 0.262 e. The number of anilines is 1. The summed E-state index contributed by atoms with van der Waals surface area (Å²) in [6.45, 7) is 5.51. The summed E-state index contributed by atoms with van der Waals surface area (Å²) in [5.41, 5.74) is 2.04. The fourth-order valence-corrected chi connectivity index (χ4v) is 1.61. The van der Waals surface area contributed by atoms with E-state index in [0.717, 1.165) is 5.69 Å². The number of carbonyl (C=O) groups is 1. The number of aromatic amines is 1. The van der Waals surface area contributed by atoms with Gasteiger partial charge in [0.2, 0.25) is 0 Å². The molecule has 0 saturated heterocycles. The first-order chi connectivity index (χ1) is 8.11. The van der Waals surface area contributed by atoms with Gasteiger partial charge in [-0.2, -0.15) is 5.10 Å². The van der Waals surface area contributed by atoms with Crippen molar-refractivity contribution in [3.63, 3.8) is 0 Å². The summed E-state index contributed by atoms with van der Waals surface area (Å²) in [5.74, 6) is 0.772. The van der Waals surface area contributed by atoms with Crippen LogP contribution in [0.2, 0.25) is 0 Å². The molecule has 0 unspecified atom stereocenters. The minimum absolute atomic E-state index is 0.243. The molecular weight excluding hydrogens is 220 g/mol. The minimum atomic E-state index is -0.243. The normalized spacial score (nSPS) is 10.5. The molecule has 6 nitrogen and oxygen atoms in total. The standard InChI is InChI=1S/C11H14N4O2/c1-4-8-10(7(3)17-15-8)11(16)12-9-5-6(2)13-14-9/h5H,4H2,1-3H3,(H2,12,13,14,16). The maximum absolute atomic E-state index is 12.0. The van der Waals surface area contributed by atoms with Crippen molar-refractivity contribution in [2.24, 2.45) is 0 Å². The Bertz CT molecular complexity index is 541. The van der Waals surface area contributed by atoms with Crippen LogP contribution in [0.1, 0.15) is 34.4 Å². The van der Waals surface area contributed by atoms with Crippen LogP contribution in [0.3, 0.4) is 0 Å². The first kappa shape index (κ1) is 11.4. The van der Waals surface area contributed by atoms with Crippen molar-refractivity contribution in [2.45, 2.75) is 27.2 Å². The number of H-pyrrole nitrogens is 1. The molecule has 0 bridgehead atoms. The van der Waals surface area contributed by atoms with E-state index >= 15 is 0 Å². The Morgan fingerprint density at radius 2 is 2.29 bits per heavy atom. The molecule has 6 heteroatoms. The van der Waals surface area contributed by atoms with Crippen LogP contribution in [-0.2, 0) is 6.42 Å². The molecule has 2 aromatic heterocycles. The quantitative estimate of drug-likeness (QED) is 0.848. The van der Waals surface area contributed by atoms with Crippen LogP contribution >= 0.6 is 0 Å². The molecule has 0 spiro atoms. The first-order valence-electron chi connectivity index (χ1n) is 5.40. The van der Waals surface area contributed by atoms with E-state index in [2.05, 4.69) is 20.7 Å². The molecule has 0 saturated carbocycles. The Labute approximate surface area is 98.4 Å². The monoisotopic (exact) mass is 234 g/mol. The lowest BCUT2D eigenvalue weighted by Crippen LogP contribution is -2.14. The third-order valence-electron chi connectivity index (χ3n) is 2.44. The van der Waals surface area contributed by atoms with Gasteiger partial charge in [-0.15, -0.1) is 0 Å². The van der Waals surface area contributed by atoms with Gasteiger partial charge in [0, 0.05) is 11.8 Å². The fraction of sp³-hybridized carbons (Fsp3) is 0.364. The summed E-state index contributed by atoms with van der Waals surface area (Å²) in [5, 5.41) is 13.2. The minimum Gasteiger partial charge on any atom is -0.361 e. The lowest BCUT2D eigenvalue weighted by atomic mass is 10.1. The third-order valence-corrected chi connectivity index (χ3v) is 2.44. The van der Waals surface area contributed by atoms with Gasteiger partial charge in [-0.1, -0.05) is 12.1 Å². The molecule has 0 aliphatic carbocycles. The highest BCUT2D eigenvalue weighted by Gasteiger charge is 2.19. The molecule has 0 radical (unpaired) electrons. The Morgan fingerprint density at radius 3 is 2.88 bits per heavy atom. The van der Waals surface area contributed by atoms with Crippen LogP contribution in [-0.4, -0.2) is 21.3 Å².